The predicted octanol–water partition coefficient (Wildman–Crippen LogP) is 2.18. The standard InChI is InChI=1S/C8H20NS/c1-6-8(10-7-2)9(3,4)5/h8H,6-7H2,1-5H3/q+1. The van der Waals surface area contributed by atoms with Gasteiger partial charge in [0, 0.05) is 6.42 Å². The summed E-state index contributed by atoms with van der Waals surface area (Å²) in [6.07, 6.45) is 1.27. The molecule has 1 nitrogen and oxygen atoms in total. The van der Waals surface area contributed by atoms with Crippen molar-refractivity contribution < 1.29 is 4.48 Å². The van der Waals surface area contributed by atoms with E-state index < -0.39 is 0 Å². The molecule has 1 unspecified atom stereocenters. The molecule has 0 fully saturated rings. The third kappa shape index (κ3) is 3.47. The molecule has 0 aromatic heterocycles. The molecule has 0 aliphatic heterocycles. The zero-order chi connectivity index (χ0) is 8.20. The third-order valence-electron chi connectivity index (χ3n) is 1.57. The van der Waals surface area contributed by atoms with E-state index in [0.29, 0.717) is 0 Å². The molecule has 0 aromatic rings. The maximum absolute atomic E-state index is 2.26. The molecule has 0 radical (unpaired) electrons. The summed E-state index contributed by atoms with van der Waals surface area (Å²) in [5, 5.41) is 0.769. The first-order chi connectivity index (χ1) is 4.52. The van der Waals surface area contributed by atoms with Crippen LogP contribution in [0.1, 0.15) is 20.3 Å². The van der Waals surface area contributed by atoms with Gasteiger partial charge in [-0.05, 0) is 5.75 Å². The predicted molar refractivity (Wildman–Crippen MR) is 50.2 cm³/mol. The van der Waals surface area contributed by atoms with E-state index in [2.05, 4.69) is 46.8 Å². The fourth-order valence-electron chi connectivity index (χ4n) is 1.08. The van der Waals surface area contributed by atoms with Crippen molar-refractivity contribution >= 4 is 11.8 Å². The van der Waals surface area contributed by atoms with Crippen molar-refractivity contribution in [3.05, 3.63) is 0 Å². The Morgan fingerprint density at radius 3 is 1.80 bits per heavy atom. The second-order valence-corrected chi connectivity index (χ2v) is 4.89. The monoisotopic (exact) mass is 162 g/mol. The minimum absolute atomic E-state index is 0.769. The Kier molecular flexibility index (Phi) is 4.37. The van der Waals surface area contributed by atoms with Crippen molar-refractivity contribution in [3.63, 3.8) is 0 Å². The lowest BCUT2D eigenvalue weighted by atomic mass is 10.4. The van der Waals surface area contributed by atoms with Crippen LogP contribution >= 0.6 is 11.8 Å². The lowest BCUT2D eigenvalue weighted by Crippen LogP contribution is -2.42. The van der Waals surface area contributed by atoms with Crippen LogP contribution in [0.4, 0.5) is 0 Å². The molecule has 0 N–H and O–H groups in total. The quantitative estimate of drug-likeness (QED) is 0.451. The maximum Gasteiger partial charge on any atom is 0.135 e. The highest BCUT2D eigenvalue weighted by atomic mass is 32.2. The molecule has 1 atom stereocenters. The fraction of sp³-hybridized carbons (Fsp3) is 1.00. The summed E-state index contributed by atoms with van der Waals surface area (Å²) in [5.41, 5.74) is 0. The molecule has 0 saturated heterocycles. The first kappa shape index (κ1) is 10.3. The number of hydrogen-bond acceptors (Lipinski definition) is 1. The van der Waals surface area contributed by atoms with E-state index in [0.717, 1.165) is 9.86 Å². The Hall–Kier alpha value is 0.310. The molecule has 62 valence electrons. The third-order valence-corrected chi connectivity index (χ3v) is 3.26. The van der Waals surface area contributed by atoms with Crippen molar-refractivity contribution in [2.75, 3.05) is 26.9 Å². The average molecular weight is 162 g/mol. The molecule has 0 spiro atoms. The minimum Gasteiger partial charge on any atom is -0.320 e. The van der Waals surface area contributed by atoms with Gasteiger partial charge in [-0.2, -0.15) is 0 Å². The molecule has 0 aliphatic carbocycles. The van der Waals surface area contributed by atoms with Crippen LogP contribution in [0.3, 0.4) is 0 Å². The second kappa shape index (κ2) is 4.24. The fourth-order valence-corrected chi connectivity index (χ4v) is 2.15. The van der Waals surface area contributed by atoms with E-state index in [-0.39, 0.29) is 0 Å². The second-order valence-electron chi connectivity index (χ2n) is 3.43. The summed E-state index contributed by atoms with van der Waals surface area (Å²) in [6.45, 7) is 4.49. The van der Waals surface area contributed by atoms with E-state index in [1.807, 2.05) is 0 Å². The number of hydrogen-bond donors (Lipinski definition) is 0. The summed E-state index contributed by atoms with van der Waals surface area (Å²) in [5.74, 6) is 1.23. The first-order valence-electron chi connectivity index (χ1n) is 3.95. The van der Waals surface area contributed by atoms with Crippen LogP contribution in [0.2, 0.25) is 0 Å². The van der Waals surface area contributed by atoms with Crippen molar-refractivity contribution in [1.29, 1.82) is 0 Å². The van der Waals surface area contributed by atoms with Crippen LogP contribution in [-0.2, 0) is 0 Å². The first-order valence-corrected chi connectivity index (χ1v) is 5.00. The topological polar surface area (TPSA) is 0 Å². The van der Waals surface area contributed by atoms with Gasteiger partial charge in [-0.25, -0.2) is 0 Å². The minimum atomic E-state index is 0.769. The van der Waals surface area contributed by atoms with E-state index in [1.54, 1.807) is 0 Å². The number of nitrogens with zero attached hydrogens (tertiary/aromatic N) is 1. The Bertz CT molecular complexity index is 85.7. The van der Waals surface area contributed by atoms with Crippen molar-refractivity contribution in [2.24, 2.45) is 0 Å². The molecule has 10 heavy (non-hydrogen) atoms. The highest BCUT2D eigenvalue weighted by Crippen LogP contribution is 2.20. The molecule has 0 aromatic carbocycles. The SMILES string of the molecule is CCSC(CC)[N+](C)(C)C. The molecule has 0 amide bonds. The smallest absolute Gasteiger partial charge is 0.135 e. The van der Waals surface area contributed by atoms with Crippen molar-refractivity contribution in [1.82, 2.24) is 0 Å². The van der Waals surface area contributed by atoms with Crippen molar-refractivity contribution in [3.8, 4) is 0 Å². The van der Waals surface area contributed by atoms with Gasteiger partial charge in [-0.15, -0.1) is 0 Å². The number of quaternary nitrogens is 1. The Balaban J connectivity index is 3.81. The van der Waals surface area contributed by atoms with E-state index in [9.17, 15) is 0 Å². The van der Waals surface area contributed by atoms with Gasteiger partial charge in [0.2, 0.25) is 0 Å². The average Bonchev–Trinajstić information content (AvgIpc) is 1.80. The van der Waals surface area contributed by atoms with Gasteiger partial charge in [0.1, 0.15) is 5.37 Å². The highest BCUT2D eigenvalue weighted by Gasteiger charge is 2.20. The largest absolute Gasteiger partial charge is 0.320 e. The van der Waals surface area contributed by atoms with E-state index in [4.69, 9.17) is 0 Å². The Morgan fingerprint density at radius 2 is 1.70 bits per heavy atom. The number of rotatable bonds is 4. The van der Waals surface area contributed by atoms with Gasteiger partial charge in [-0.3, -0.25) is 0 Å². The molecule has 2 heteroatoms. The molecule has 0 rings (SSSR count). The highest BCUT2D eigenvalue weighted by molar-refractivity contribution is 7.99. The summed E-state index contributed by atoms with van der Waals surface area (Å²) < 4.78 is 1.08. The van der Waals surface area contributed by atoms with Crippen LogP contribution in [-0.4, -0.2) is 36.8 Å². The molecular formula is C8H20NS+. The van der Waals surface area contributed by atoms with Gasteiger partial charge in [-0.1, -0.05) is 25.6 Å². The van der Waals surface area contributed by atoms with Crippen LogP contribution in [0.5, 0.6) is 0 Å². The van der Waals surface area contributed by atoms with Gasteiger partial charge in [0.15, 0.2) is 0 Å². The van der Waals surface area contributed by atoms with Gasteiger partial charge in [0.05, 0.1) is 21.1 Å². The number of thioether (sulfide) groups is 1. The van der Waals surface area contributed by atoms with E-state index >= 15 is 0 Å². The molecule has 0 heterocycles. The van der Waals surface area contributed by atoms with Crippen LogP contribution in [0.25, 0.3) is 0 Å². The van der Waals surface area contributed by atoms with E-state index in [1.165, 1.54) is 12.2 Å². The zero-order valence-corrected chi connectivity index (χ0v) is 8.66. The van der Waals surface area contributed by atoms with Crippen molar-refractivity contribution in [2.45, 2.75) is 25.6 Å². The lowest BCUT2D eigenvalue weighted by molar-refractivity contribution is -0.880. The summed E-state index contributed by atoms with van der Waals surface area (Å²) >= 11 is 2.06. The molecule has 0 saturated carbocycles. The Morgan fingerprint density at radius 1 is 1.20 bits per heavy atom. The Labute approximate surface area is 69.4 Å². The van der Waals surface area contributed by atoms with Crippen LogP contribution in [0, 0.1) is 0 Å². The van der Waals surface area contributed by atoms with Gasteiger partial charge < -0.3 is 4.48 Å². The lowest BCUT2D eigenvalue weighted by Gasteiger charge is -2.32. The van der Waals surface area contributed by atoms with Crippen LogP contribution in [0.15, 0.2) is 0 Å². The zero-order valence-electron chi connectivity index (χ0n) is 7.85. The van der Waals surface area contributed by atoms with Gasteiger partial charge in [0.25, 0.3) is 0 Å². The van der Waals surface area contributed by atoms with Gasteiger partial charge >= 0.3 is 0 Å². The summed E-state index contributed by atoms with van der Waals surface area (Å²) in [4.78, 5) is 0. The molecule has 0 bridgehead atoms. The van der Waals surface area contributed by atoms with Crippen LogP contribution < -0.4 is 0 Å². The summed E-state index contributed by atoms with van der Waals surface area (Å²) in [6, 6.07) is 0. The summed E-state index contributed by atoms with van der Waals surface area (Å²) in [7, 11) is 6.78. The molecular weight excluding hydrogens is 142 g/mol. The molecule has 0 aliphatic rings. The maximum atomic E-state index is 2.26. The normalized spacial score (nSPS) is 15.3.